The van der Waals surface area contributed by atoms with Crippen LogP contribution in [0.15, 0.2) is 28.0 Å². The molecule has 0 aliphatic carbocycles. The molecule has 1 aromatic carbocycles. The highest BCUT2D eigenvalue weighted by Crippen LogP contribution is 2.24. The lowest BCUT2D eigenvalue weighted by Gasteiger charge is -2.13. The van der Waals surface area contributed by atoms with E-state index >= 15 is 0 Å². The number of nitrogens with one attached hydrogen (secondary N) is 2. The van der Waals surface area contributed by atoms with E-state index in [1.54, 1.807) is 6.92 Å². The molecule has 0 saturated carbocycles. The third-order valence-corrected chi connectivity index (χ3v) is 5.03. The van der Waals surface area contributed by atoms with Crippen molar-refractivity contribution in [3.8, 4) is 0 Å². The van der Waals surface area contributed by atoms with Gasteiger partial charge in [0.1, 0.15) is 4.90 Å². The Kier molecular flexibility index (Phi) is 5.31. The van der Waals surface area contributed by atoms with Gasteiger partial charge < -0.3 is 11.1 Å². The molecular formula is C11H17N3O5S2. The maximum absolute atomic E-state index is 12.2. The highest BCUT2D eigenvalue weighted by atomic mass is 32.2. The van der Waals surface area contributed by atoms with E-state index in [0.29, 0.717) is 6.54 Å². The summed E-state index contributed by atoms with van der Waals surface area (Å²) in [6, 6.07) is 3.70. The molecule has 0 heterocycles. The lowest BCUT2D eigenvalue weighted by atomic mass is 10.3. The zero-order chi connectivity index (χ0) is 16.3. The molecule has 0 saturated heterocycles. The second-order valence-corrected chi connectivity index (χ2v) is 8.00. The summed E-state index contributed by atoms with van der Waals surface area (Å²) in [5.74, 6) is -0.845. The van der Waals surface area contributed by atoms with E-state index in [-0.39, 0.29) is 15.5 Å². The molecule has 10 heteroatoms. The summed E-state index contributed by atoms with van der Waals surface area (Å²) in [7, 11) is -7.63. The first kappa shape index (κ1) is 17.4. The van der Waals surface area contributed by atoms with Gasteiger partial charge in [-0.05, 0) is 25.1 Å². The molecule has 0 aromatic heterocycles. The Morgan fingerprint density at radius 2 is 1.86 bits per heavy atom. The molecule has 0 unspecified atom stereocenters. The Morgan fingerprint density at radius 1 is 1.24 bits per heavy atom. The van der Waals surface area contributed by atoms with Crippen LogP contribution in [0.3, 0.4) is 0 Å². The average molecular weight is 335 g/mol. The van der Waals surface area contributed by atoms with Crippen LogP contribution in [-0.4, -0.2) is 42.1 Å². The van der Waals surface area contributed by atoms with E-state index < -0.39 is 32.3 Å². The second-order valence-electron chi connectivity index (χ2n) is 4.25. The van der Waals surface area contributed by atoms with E-state index in [4.69, 9.17) is 5.73 Å². The van der Waals surface area contributed by atoms with Crippen molar-refractivity contribution in [3.63, 3.8) is 0 Å². The minimum atomic E-state index is -4.07. The van der Waals surface area contributed by atoms with Crippen LogP contribution in [-0.2, 0) is 24.7 Å². The molecule has 0 aliphatic heterocycles. The fourth-order valence-electron chi connectivity index (χ4n) is 1.54. The molecule has 8 nitrogen and oxygen atoms in total. The highest BCUT2D eigenvalue weighted by molar-refractivity contribution is 7.91. The number of hydrogen-bond acceptors (Lipinski definition) is 6. The summed E-state index contributed by atoms with van der Waals surface area (Å²) >= 11 is 0. The van der Waals surface area contributed by atoms with Crippen LogP contribution in [0.4, 0.5) is 5.69 Å². The van der Waals surface area contributed by atoms with Crippen molar-refractivity contribution in [1.29, 1.82) is 0 Å². The van der Waals surface area contributed by atoms with Crippen molar-refractivity contribution >= 4 is 31.5 Å². The Bertz CT molecular complexity index is 741. The number of nitrogens with two attached hydrogens (primary N) is 1. The zero-order valence-electron chi connectivity index (χ0n) is 11.6. The molecule has 0 aliphatic rings. The molecule has 0 radical (unpaired) electrons. The predicted molar refractivity (Wildman–Crippen MR) is 78.1 cm³/mol. The van der Waals surface area contributed by atoms with Crippen LogP contribution in [0.25, 0.3) is 0 Å². The van der Waals surface area contributed by atoms with Gasteiger partial charge in [0.15, 0.2) is 9.84 Å². The van der Waals surface area contributed by atoms with Crippen molar-refractivity contribution < 1.29 is 21.6 Å². The van der Waals surface area contributed by atoms with Gasteiger partial charge in [0.2, 0.25) is 15.9 Å². The number of hydrogen-bond donors (Lipinski definition) is 3. The largest absolute Gasteiger partial charge is 0.384 e. The highest BCUT2D eigenvalue weighted by Gasteiger charge is 2.21. The quantitative estimate of drug-likeness (QED) is 0.602. The van der Waals surface area contributed by atoms with Crippen molar-refractivity contribution in [2.75, 3.05) is 24.7 Å². The van der Waals surface area contributed by atoms with Crippen molar-refractivity contribution in [2.45, 2.75) is 16.7 Å². The fourth-order valence-corrected chi connectivity index (χ4v) is 3.46. The number of sulfone groups is 1. The number of sulfonamides is 1. The van der Waals surface area contributed by atoms with Gasteiger partial charge in [-0.1, -0.05) is 0 Å². The second kappa shape index (κ2) is 6.41. The topological polar surface area (TPSA) is 135 Å². The Balaban J connectivity index is 3.39. The van der Waals surface area contributed by atoms with E-state index in [0.717, 1.165) is 12.3 Å². The molecule has 0 spiro atoms. The Morgan fingerprint density at radius 3 is 2.33 bits per heavy atom. The van der Waals surface area contributed by atoms with E-state index in [2.05, 4.69) is 5.32 Å². The fraction of sp³-hybridized carbons (Fsp3) is 0.364. The maximum atomic E-state index is 12.2. The molecule has 1 amide bonds. The van der Waals surface area contributed by atoms with Crippen molar-refractivity contribution in [1.82, 2.24) is 4.72 Å². The van der Waals surface area contributed by atoms with Crippen LogP contribution in [0.1, 0.15) is 6.92 Å². The molecule has 4 N–H and O–H groups in total. The Labute approximate surface area is 123 Å². The number of amides is 1. The lowest BCUT2D eigenvalue weighted by molar-refractivity contribution is -0.116. The summed E-state index contributed by atoms with van der Waals surface area (Å²) < 4.78 is 49.4. The van der Waals surface area contributed by atoms with Gasteiger partial charge in [0.05, 0.1) is 17.1 Å². The van der Waals surface area contributed by atoms with Gasteiger partial charge in [-0.25, -0.2) is 21.6 Å². The normalized spacial score (nSPS) is 12.1. The first-order valence-corrected chi connectivity index (χ1v) is 9.31. The minimum Gasteiger partial charge on any atom is -0.384 e. The summed E-state index contributed by atoms with van der Waals surface area (Å²) in [4.78, 5) is 10.3. The summed E-state index contributed by atoms with van der Waals surface area (Å²) in [6.07, 6.45) is 0.975. The standard InChI is InChI=1S/C11H17N3O5S2/c1-3-13-9-5-4-8(20(2,16)17)6-10(9)21(18,19)14-7-11(12)15/h4-6,13-14H,3,7H2,1-2H3,(H2,12,15). The molecule has 0 bridgehead atoms. The average Bonchev–Trinajstić information content (AvgIpc) is 2.36. The summed E-state index contributed by atoms with van der Waals surface area (Å²) in [6.45, 7) is 1.63. The number of benzene rings is 1. The zero-order valence-corrected chi connectivity index (χ0v) is 13.2. The molecule has 0 atom stereocenters. The van der Waals surface area contributed by atoms with E-state index in [9.17, 15) is 21.6 Å². The minimum absolute atomic E-state index is 0.136. The molecule has 1 rings (SSSR count). The third-order valence-electron chi connectivity index (χ3n) is 2.47. The SMILES string of the molecule is CCNc1ccc(S(C)(=O)=O)cc1S(=O)(=O)NCC(N)=O. The molecule has 0 fully saturated rings. The van der Waals surface area contributed by atoms with Crippen molar-refractivity contribution in [2.24, 2.45) is 5.73 Å². The first-order valence-electron chi connectivity index (χ1n) is 5.94. The number of rotatable bonds is 7. The number of anilines is 1. The molecular weight excluding hydrogens is 318 g/mol. The number of carbonyl (C=O) groups excluding carboxylic acids is 1. The van der Waals surface area contributed by atoms with Gasteiger partial charge in [-0.2, -0.15) is 0 Å². The predicted octanol–water partition coefficient (Wildman–Crippen LogP) is -0.714. The summed E-state index contributed by atoms with van der Waals surface area (Å²) in [5, 5.41) is 2.82. The van der Waals surface area contributed by atoms with Gasteiger partial charge >= 0.3 is 0 Å². The first-order chi connectivity index (χ1) is 9.58. The molecule has 21 heavy (non-hydrogen) atoms. The van der Waals surface area contributed by atoms with Crippen LogP contribution < -0.4 is 15.8 Å². The van der Waals surface area contributed by atoms with Crippen LogP contribution >= 0.6 is 0 Å². The monoisotopic (exact) mass is 335 g/mol. The van der Waals surface area contributed by atoms with Gasteiger partial charge in [0.25, 0.3) is 0 Å². The van der Waals surface area contributed by atoms with E-state index in [1.165, 1.54) is 12.1 Å². The van der Waals surface area contributed by atoms with Crippen LogP contribution in [0.5, 0.6) is 0 Å². The lowest BCUT2D eigenvalue weighted by Crippen LogP contribution is -2.33. The number of primary amides is 1. The summed E-state index contributed by atoms with van der Waals surface area (Å²) in [5.41, 5.74) is 5.13. The third kappa shape index (κ3) is 4.69. The van der Waals surface area contributed by atoms with Gasteiger partial charge in [0, 0.05) is 12.8 Å². The van der Waals surface area contributed by atoms with Crippen molar-refractivity contribution in [3.05, 3.63) is 18.2 Å². The van der Waals surface area contributed by atoms with Crippen LogP contribution in [0, 0.1) is 0 Å². The number of carbonyl (C=O) groups is 1. The molecule has 1 aromatic rings. The molecule has 118 valence electrons. The van der Waals surface area contributed by atoms with E-state index in [1.807, 2.05) is 4.72 Å². The van der Waals surface area contributed by atoms with Gasteiger partial charge in [-0.3, -0.25) is 4.79 Å². The Hall–Kier alpha value is -1.65. The van der Waals surface area contributed by atoms with Crippen LogP contribution in [0.2, 0.25) is 0 Å². The maximum Gasteiger partial charge on any atom is 0.243 e. The van der Waals surface area contributed by atoms with Gasteiger partial charge in [-0.15, -0.1) is 0 Å². The smallest absolute Gasteiger partial charge is 0.243 e.